The van der Waals surface area contributed by atoms with Gasteiger partial charge < -0.3 is 5.73 Å². The van der Waals surface area contributed by atoms with Crippen molar-refractivity contribution in [3.63, 3.8) is 0 Å². The molecule has 0 aliphatic carbocycles. The Hall–Kier alpha value is -0.390. The molecule has 0 radical (unpaired) electrons. The number of hydrogen-bond donors (Lipinski definition) is 1. The monoisotopic (exact) mass is 386 g/mol. The highest BCUT2D eigenvalue weighted by molar-refractivity contribution is 9.10. The van der Waals surface area contributed by atoms with Crippen molar-refractivity contribution in [1.29, 1.82) is 0 Å². The standard InChI is InChI=1S/C16H20BrClN2S/c1-11(2)20(10-13-4-3-7-21-13)16(9-19)14-6-5-12(18)8-15(14)17/h3-8,11,16H,9-10,19H2,1-2H3. The van der Waals surface area contributed by atoms with Crippen molar-refractivity contribution in [1.82, 2.24) is 4.90 Å². The number of benzene rings is 1. The average Bonchev–Trinajstić information content (AvgIpc) is 2.93. The lowest BCUT2D eigenvalue weighted by Crippen LogP contribution is -2.38. The van der Waals surface area contributed by atoms with Crippen LogP contribution in [0.5, 0.6) is 0 Å². The number of hydrogen-bond acceptors (Lipinski definition) is 3. The summed E-state index contributed by atoms with van der Waals surface area (Å²) in [5.74, 6) is 0. The van der Waals surface area contributed by atoms with Crippen LogP contribution in [-0.4, -0.2) is 17.5 Å². The molecule has 5 heteroatoms. The normalized spacial score (nSPS) is 13.1. The van der Waals surface area contributed by atoms with E-state index in [0.717, 1.165) is 16.0 Å². The zero-order chi connectivity index (χ0) is 15.4. The van der Waals surface area contributed by atoms with Crippen molar-refractivity contribution in [3.05, 3.63) is 55.6 Å². The Morgan fingerprint density at radius 1 is 1.33 bits per heavy atom. The van der Waals surface area contributed by atoms with Crippen molar-refractivity contribution >= 4 is 38.9 Å². The van der Waals surface area contributed by atoms with Gasteiger partial charge in [0.1, 0.15) is 0 Å². The van der Waals surface area contributed by atoms with E-state index in [-0.39, 0.29) is 6.04 Å². The molecular formula is C16H20BrClN2S. The van der Waals surface area contributed by atoms with Crippen LogP contribution in [0.1, 0.15) is 30.3 Å². The van der Waals surface area contributed by atoms with Gasteiger partial charge in [-0.15, -0.1) is 11.3 Å². The molecule has 0 aliphatic rings. The van der Waals surface area contributed by atoms with Crippen LogP contribution in [0.25, 0.3) is 0 Å². The van der Waals surface area contributed by atoms with E-state index in [9.17, 15) is 0 Å². The van der Waals surface area contributed by atoms with Gasteiger partial charge in [0, 0.05) is 39.5 Å². The fourth-order valence-corrected chi connectivity index (χ4v) is 4.11. The van der Waals surface area contributed by atoms with Gasteiger partial charge in [-0.3, -0.25) is 4.90 Å². The molecule has 114 valence electrons. The first-order valence-electron chi connectivity index (χ1n) is 6.96. The first-order valence-corrected chi connectivity index (χ1v) is 9.01. The molecule has 2 rings (SSSR count). The Morgan fingerprint density at radius 3 is 2.62 bits per heavy atom. The minimum absolute atomic E-state index is 0.166. The van der Waals surface area contributed by atoms with Crippen molar-refractivity contribution in [2.24, 2.45) is 5.73 Å². The van der Waals surface area contributed by atoms with E-state index in [0.29, 0.717) is 12.6 Å². The van der Waals surface area contributed by atoms with Gasteiger partial charge in [0.15, 0.2) is 0 Å². The molecule has 2 N–H and O–H groups in total. The molecule has 2 nitrogen and oxygen atoms in total. The minimum atomic E-state index is 0.166. The highest BCUT2D eigenvalue weighted by atomic mass is 79.9. The number of nitrogens with zero attached hydrogens (tertiary/aromatic N) is 1. The average molecular weight is 388 g/mol. The Labute approximate surface area is 144 Å². The van der Waals surface area contributed by atoms with Crippen LogP contribution in [0.4, 0.5) is 0 Å². The summed E-state index contributed by atoms with van der Waals surface area (Å²) in [6.07, 6.45) is 0. The molecule has 0 bridgehead atoms. The first-order chi connectivity index (χ1) is 10.0. The van der Waals surface area contributed by atoms with E-state index in [1.54, 1.807) is 11.3 Å². The largest absolute Gasteiger partial charge is 0.329 e. The van der Waals surface area contributed by atoms with Gasteiger partial charge in [-0.1, -0.05) is 39.7 Å². The van der Waals surface area contributed by atoms with Gasteiger partial charge in [0.2, 0.25) is 0 Å². The van der Waals surface area contributed by atoms with Gasteiger partial charge in [0.25, 0.3) is 0 Å². The molecule has 1 unspecified atom stereocenters. The second-order valence-electron chi connectivity index (χ2n) is 5.26. The summed E-state index contributed by atoms with van der Waals surface area (Å²) >= 11 is 11.5. The summed E-state index contributed by atoms with van der Waals surface area (Å²) in [5, 5.41) is 2.85. The zero-order valence-electron chi connectivity index (χ0n) is 12.2. The fraction of sp³-hybridized carbons (Fsp3) is 0.375. The number of nitrogens with two attached hydrogens (primary N) is 1. The molecule has 21 heavy (non-hydrogen) atoms. The summed E-state index contributed by atoms with van der Waals surface area (Å²) in [6, 6.07) is 10.8. The predicted molar refractivity (Wildman–Crippen MR) is 95.9 cm³/mol. The third-order valence-corrected chi connectivity index (χ3v) is 5.31. The van der Waals surface area contributed by atoms with E-state index in [2.05, 4.69) is 58.3 Å². The van der Waals surface area contributed by atoms with E-state index in [1.807, 2.05) is 12.1 Å². The van der Waals surface area contributed by atoms with Crippen LogP contribution < -0.4 is 5.73 Å². The quantitative estimate of drug-likeness (QED) is 0.749. The lowest BCUT2D eigenvalue weighted by molar-refractivity contribution is 0.149. The maximum atomic E-state index is 6.09. The number of halogens is 2. The summed E-state index contributed by atoms with van der Waals surface area (Å²) in [6.45, 7) is 5.90. The number of thiophene rings is 1. The van der Waals surface area contributed by atoms with Gasteiger partial charge in [-0.25, -0.2) is 0 Å². The highest BCUT2D eigenvalue weighted by Gasteiger charge is 2.24. The summed E-state index contributed by atoms with van der Waals surface area (Å²) in [5.41, 5.74) is 7.27. The molecule has 0 aliphatic heterocycles. The van der Waals surface area contributed by atoms with E-state index >= 15 is 0 Å². The molecule has 1 aromatic heterocycles. The Kier molecular flexibility index (Phi) is 6.26. The third-order valence-electron chi connectivity index (χ3n) is 3.53. The van der Waals surface area contributed by atoms with Crippen molar-refractivity contribution in [2.75, 3.05) is 6.54 Å². The summed E-state index contributed by atoms with van der Waals surface area (Å²) < 4.78 is 1.02. The first kappa shape index (κ1) is 17.0. The molecule has 0 spiro atoms. The lowest BCUT2D eigenvalue weighted by Gasteiger charge is -2.35. The maximum absolute atomic E-state index is 6.09. The van der Waals surface area contributed by atoms with Crippen LogP contribution in [0, 0.1) is 0 Å². The molecule has 0 saturated heterocycles. The van der Waals surface area contributed by atoms with Crippen LogP contribution in [0.3, 0.4) is 0 Å². The SMILES string of the molecule is CC(C)N(Cc1cccs1)C(CN)c1ccc(Cl)cc1Br. The summed E-state index contributed by atoms with van der Waals surface area (Å²) in [4.78, 5) is 3.78. The maximum Gasteiger partial charge on any atom is 0.0488 e. The zero-order valence-corrected chi connectivity index (χ0v) is 15.4. The molecular weight excluding hydrogens is 368 g/mol. The minimum Gasteiger partial charge on any atom is -0.329 e. The van der Waals surface area contributed by atoms with Gasteiger partial charge >= 0.3 is 0 Å². The molecule has 0 amide bonds. The van der Waals surface area contributed by atoms with E-state index < -0.39 is 0 Å². The second-order valence-corrected chi connectivity index (χ2v) is 7.59. The van der Waals surface area contributed by atoms with E-state index in [4.69, 9.17) is 17.3 Å². The molecule has 1 aromatic carbocycles. The van der Waals surface area contributed by atoms with Gasteiger partial charge in [-0.2, -0.15) is 0 Å². The molecule has 1 heterocycles. The summed E-state index contributed by atoms with van der Waals surface area (Å²) in [7, 11) is 0. The van der Waals surface area contributed by atoms with Crippen LogP contribution in [-0.2, 0) is 6.54 Å². The van der Waals surface area contributed by atoms with Crippen LogP contribution in [0.15, 0.2) is 40.2 Å². The molecule has 2 aromatic rings. The molecule has 0 saturated carbocycles. The van der Waals surface area contributed by atoms with Crippen molar-refractivity contribution in [3.8, 4) is 0 Å². The third kappa shape index (κ3) is 4.30. The number of rotatable bonds is 6. The topological polar surface area (TPSA) is 29.3 Å². The molecule has 1 atom stereocenters. The van der Waals surface area contributed by atoms with E-state index in [1.165, 1.54) is 10.4 Å². The Balaban J connectivity index is 2.31. The Morgan fingerprint density at radius 2 is 2.10 bits per heavy atom. The van der Waals surface area contributed by atoms with Crippen molar-refractivity contribution < 1.29 is 0 Å². The van der Waals surface area contributed by atoms with Gasteiger partial charge in [0.05, 0.1) is 0 Å². The van der Waals surface area contributed by atoms with Crippen LogP contribution in [0.2, 0.25) is 5.02 Å². The van der Waals surface area contributed by atoms with Crippen LogP contribution >= 0.6 is 38.9 Å². The lowest BCUT2D eigenvalue weighted by atomic mass is 10.0. The molecule has 0 fully saturated rings. The predicted octanol–water partition coefficient (Wildman–Crippen LogP) is 5.07. The smallest absolute Gasteiger partial charge is 0.0488 e. The Bertz CT molecular complexity index is 572. The fourth-order valence-electron chi connectivity index (χ4n) is 2.45. The second kappa shape index (κ2) is 7.75. The highest BCUT2D eigenvalue weighted by Crippen LogP contribution is 2.32. The van der Waals surface area contributed by atoms with Crippen molar-refractivity contribution in [2.45, 2.75) is 32.5 Å². The van der Waals surface area contributed by atoms with Gasteiger partial charge in [-0.05, 0) is 43.0 Å².